The summed E-state index contributed by atoms with van der Waals surface area (Å²) in [6.07, 6.45) is 0. The summed E-state index contributed by atoms with van der Waals surface area (Å²) >= 11 is 0. The minimum Gasteiger partial charge on any atom is -0.198 e. The highest BCUT2D eigenvalue weighted by molar-refractivity contribution is 5.97. The third-order valence-corrected chi connectivity index (χ3v) is 7.15. The molecule has 0 atom stereocenters. The van der Waals surface area contributed by atoms with E-state index in [0.29, 0.717) is 0 Å². The largest absolute Gasteiger partial charge is 0.220 e. The Morgan fingerprint density at radius 3 is 2.10 bits per heavy atom. The van der Waals surface area contributed by atoms with E-state index in [1.54, 1.807) is 0 Å². The molecule has 3 aromatic carbocycles. The molecule has 0 aliphatic heterocycles. The van der Waals surface area contributed by atoms with Crippen LogP contribution in [0, 0.1) is 20.8 Å². The maximum Gasteiger partial charge on any atom is 0.220 e. The molecule has 1 aliphatic carbocycles. The number of fused-ring (bicyclic) bond motifs is 4. The van der Waals surface area contributed by atoms with Crippen molar-refractivity contribution in [1.29, 1.82) is 0 Å². The van der Waals surface area contributed by atoms with Gasteiger partial charge in [-0.3, -0.25) is 0 Å². The number of rotatable bonds is 1. The fourth-order valence-electron chi connectivity index (χ4n) is 5.25. The Morgan fingerprint density at radius 2 is 1.34 bits per heavy atom. The molecule has 0 saturated carbocycles. The van der Waals surface area contributed by atoms with E-state index >= 15 is 0 Å². The van der Waals surface area contributed by atoms with Gasteiger partial charge < -0.3 is 0 Å². The van der Waals surface area contributed by atoms with E-state index in [-0.39, 0.29) is 5.41 Å². The smallest absolute Gasteiger partial charge is 0.198 e. The third kappa shape index (κ3) is 2.37. The highest BCUT2D eigenvalue weighted by Crippen LogP contribution is 2.50. The number of aromatic nitrogens is 1. The van der Waals surface area contributed by atoms with Gasteiger partial charge in [-0.2, -0.15) is 4.57 Å². The molecule has 144 valence electrons. The number of hydrogen-bond acceptors (Lipinski definition) is 0. The number of hydrogen-bond donors (Lipinski definition) is 0. The van der Waals surface area contributed by atoms with Crippen molar-refractivity contribution in [2.45, 2.75) is 40.0 Å². The van der Waals surface area contributed by atoms with E-state index in [4.69, 9.17) is 0 Å². The Kier molecular flexibility index (Phi) is 3.77. The Morgan fingerprint density at radius 1 is 0.690 bits per heavy atom. The van der Waals surface area contributed by atoms with Crippen molar-refractivity contribution < 1.29 is 4.57 Å². The molecule has 0 bridgehead atoms. The van der Waals surface area contributed by atoms with E-state index in [1.165, 1.54) is 61.1 Å². The quantitative estimate of drug-likeness (QED) is 0.330. The van der Waals surface area contributed by atoms with Crippen molar-refractivity contribution in [3.8, 4) is 22.4 Å². The van der Waals surface area contributed by atoms with Crippen molar-refractivity contribution in [2.24, 2.45) is 7.05 Å². The second-order valence-electron chi connectivity index (χ2n) is 9.05. The fourth-order valence-corrected chi connectivity index (χ4v) is 5.25. The zero-order valence-corrected chi connectivity index (χ0v) is 18.2. The van der Waals surface area contributed by atoms with Gasteiger partial charge in [0.05, 0.1) is 10.9 Å². The predicted molar refractivity (Wildman–Crippen MR) is 122 cm³/mol. The number of aryl methyl sites for hydroxylation is 2. The molecule has 0 N–H and O–H groups in total. The average Bonchev–Trinajstić information content (AvgIpc) is 2.94. The van der Waals surface area contributed by atoms with Gasteiger partial charge in [0, 0.05) is 17.9 Å². The first-order valence-electron chi connectivity index (χ1n) is 10.5. The summed E-state index contributed by atoms with van der Waals surface area (Å²) in [5.41, 5.74) is 12.3. The van der Waals surface area contributed by atoms with Gasteiger partial charge >= 0.3 is 0 Å². The van der Waals surface area contributed by atoms with Crippen molar-refractivity contribution >= 4 is 10.8 Å². The summed E-state index contributed by atoms with van der Waals surface area (Å²) in [7, 11) is 2.21. The minimum atomic E-state index is 0.0164. The van der Waals surface area contributed by atoms with E-state index in [0.717, 1.165) is 0 Å². The van der Waals surface area contributed by atoms with Crippen LogP contribution in [-0.4, -0.2) is 0 Å². The van der Waals surface area contributed by atoms with Crippen LogP contribution in [0.1, 0.15) is 41.8 Å². The Bertz CT molecular complexity index is 1310. The summed E-state index contributed by atoms with van der Waals surface area (Å²) in [6, 6.07) is 22.6. The van der Waals surface area contributed by atoms with Crippen LogP contribution in [0.25, 0.3) is 33.2 Å². The van der Waals surface area contributed by atoms with E-state index in [9.17, 15) is 0 Å². The lowest BCUT2D eigenvalue weighted by Crippen LogP contribution is -2.36. The molecule has 0 saturated heterocycles. The van der Waals surface area contributed by atoms with Crippen molar-refractivity contribution in [1.82, 2.24) is 0 Å². The van der Waals surface area contributed by atoms with Crippen LogP contribution in [-0.2, 0) is 12.5 Å². The van der Waals surface area contributed by atoms with Crippen LogP contribution in [0.3, 0.4) is 0 Å². The van der Waals surface area contributed by atoms with E-state index < -0.39 is 0 Å². The standard InChI is InChI=1S/C28H28N/c1-17-15-24-21-12-9-10-14-25(21)28(4,5)26(24)16-23(17)27-22-13-8-7-11-20(22)18(2)19(3)29(27)6/h7-16H,1-6H3/q+1. The summed E-state index contributed by atoms with van der Waals surface area (Å²) in [5.74, 6) is 0. The molecule has 0 fully saturated rings. The lowest BCUT2D eigenvalue weighted by molar-refractivity contribution is -0.665. The highest BCUT2D eigenvalue weighted by Gasteiger charge is 2.36. The van der Waals surface area contributed by atoms with Gasteiger partial charge in [0.25, 0.3) is 0 Å². The van der Waals surface area contributed by atoms with E-state index in [1.807, 2.05) is 0 Å². The lowest BCUT2D eigenvalue weighted by Gasteiger charge is -2.22. The highest BCUT2D eigenvalue weighted by atomic mass is 14.9. The molecule has 1 aliphatic rings. The van der Waals surface area contributed by atoms with Gasteiger partial charge in [-0.1, -0.05) is 62.4 Å². The minimum absolute atomic E-state index is 0.0164. The maximum atomic E-state index is 2.46. The molecule has 1 heteroatoms. The van der Waals surface area contributed by atoms with E-state index in [2.05, 4.69) is 107 Å². The van der Waals surface area contributed by atoms with Crippen molar-refractivity contribution in [3.63, 3.8) is 0 Å². The Labute approximate surface area is 173 Å². The Hall–Kier alpha value is -2.93. The molecule has 1 heterocycles. The first kappa shape index (κ1) is 18.1. The zero-order valence-electron chi connectivity index (χ0n) is 18.2. The van der Waals surface area contributed by atoms with Gasteiger partial charge in [-0.05, 0) is 59.2 Å². The second-order valence-corrected chi connectivity index (χ2v) is 9.05. The van der Waals surface area contributed by atoms with Crippen LogP contribution in [0.2, 0.25) is 0 Å². The molecule has 4 aromatic rings. The van der Waals surface area contributed by atoms with Gasteiger partial charge in [-0.15, -0.1) is 0 Å². The monoisotopic (exact) mass is 378 g/mol. The molecule has 0 amide bonds. The first-order valence-corrected chi connectivity index (χ1v) is 10.5. The molecule has 0 radical (unpaired) electrons. The number of pyridine rings is 1. The molecule has 0 unspecified atom stereocenters. The summed E-state index contributed by atoms with van der Waals surface area (Å²) in [5, 5.41) is 2.68. The van der Waals surface area contributed by atoms with Gasteiger partial charge in [0.1, 0.15) is 7.05 Å². The van der Waals surface area contributed by atoms with Crippen LogP contribution in [0.15, 0.2) is 60.7 Å². The van der Waals surface area contributed by atoms with Gasteiger partial charge in [-0.25, -0.2) is 0 Å². The lowest BCUT2D eigenvalue weighted by atomic mass is 9.81. The second kappa shape index (κ2) is 6.03. The predicted octanol–water partition coefficient (Wildman–Crippen LogP) is 6.56. The topological polar surface area (TPSA) is 3.88 Å². The molecule has 1 aromatic heterocycles. The Balaban J connectivity index is 1.87. The summed E-state index contributed by atoms with van der Waals surface area (Å²) < 4.78 is 2.38. The van der Waals surface area contributed by atoms with Crippen molar-refractivity contribution in [3.05, 3.63) is 88.6 Å². The summed E-state index contributed by atoms with van der Waals surface area (Å²) in [4.78, 5) is 0. The SMILES string of the molecule is Cc1cc2c(cc1-c1c3ccccc3c(C)c(C)[n+]1C)C(C)(C)c1ccccc1-2. The molecular formula is C28H28N+. The average molecular weight is 379 g/mol. The summed E-state index contributed by atoms with van der Waals surface area (Å²) in [6.45, 7) is 11.4. The number of benzene rings is 3. The van der Waals surface area contributed by atoms with Crippen LogP contribution in [0.4, 0.5) is 0 Å². The van der Waals surface area contributed by atoms with Gasteiger partial charge in [0.15, 0.2) is 5.69 Å². The number of nitrogens with zero attached hydrogens (tertiary/aromatic N) is 1. The molecule has 1 nitrogen and oxygen atoms in total. The fraction of sp³-hybridized carbons (Fsp3) is 0.250. The third-order valence-electron chi connectivity index (χ3n) is 7.15. The van der Waals surface area contributed by atoms with Gasteiger partial charge in [0.2, 0.25) is 5.69 Å². The van der Waals surface area contributed by atoms with Crippen LogP contribution < -0.4 is 4.57 Å². The molecule has 29 heavy (non-hydrogen) atoms. The van der Waals surface area contributed by atoms with Crippen LogP contribution >= 0.6 is 0 Å². The first-order chi connectivity index (χ1) is 13.8. The van der Waals surface area contributed by atoms with Crippen molar-refractivity contribution in [2.75, 3.05) is 0 Å². The molecular weight excluding hydrogens is 350 g/mol. The molecule has 5 rings (SSSR count). The normalized spacial score (nSPS) is 14.1. The maximum absolute atomic E-state index is 2.46. The van der Waals surface area contributed by atoms with Crippen LogP contribution in [0.5, 0.6) is 0 Å². The zero-order chi connectivity index (χ0) is 20.5. The molecule has 0 spiro atoms.